The van der Waals surface area contributed by atoms with Crippen molar-refractivity contribution in [1.29, 1.82) is 0 Å². The first-order chi connectivity index (χ1) is 15.4. The number of methoxy groups -OCH3 is 1. The number of aliphatic hydroxyl groups excluding tert-OH is 1. The number of benzene rings is 2. The number of aliphatic carboxylic acids is 1. The molecule has 2 N–H and O–H groups in total. The Labute approximate surface area is 183 Å². The Balaban J connectivity index is 1.43. The molecule has 0 radical (unpaired) electrons. The molecular formula is C23H21NO8. The zero-order valence-electron chi connectivity index (χ0n) is 17.2. The Kier molecular flexibility index (Phi) is 5.83. The van der Waals surface area contributed by atoms with E-state index in [1.165, 1.54) is 12.1 Å². The normalized spacial score (nSPS) is 20.8. The van der Waals surface area contributed by atoms with Crippen LogP contribution in [0.15, 0.2) is 48.2 Å². The lowest BCUT2D eigenvalue weighted by molar-refractivity contribution is -0.148. The highest BCUT2D eigenvalue weighted by Gasteiger charge is 2.39. The van der Waals surface area contributed by atoms with Gasteiger partial charge < -0.3 is 29.3 Å². The monoisotopic (exact) mass is 439 g/mol. The zero-order valence-corrected chi connectivity index (χ0v) is 17.2. The molecule has 2 aliphatic rings. The fraction of sp³-hybridized carbons (Fsp3) is 0.261. The van der Waals surface area contributed by atoms with Crippen molar-refractivity contribution in [1.82, 2.24) is 4.90 Å². The molecule has 9 nitrogen and oxygen atoms in total. The first kappa shape index (κ1) is 21.4. The highest BCUT2D eigenvalue weighted by molar-refractivity contribution is 6.14. The smallest absolute Gasteiger partial charge is 0.326 e. The number of rotatable bonds is 6. The number of fused-ring (bicyclic) bond motifs is 1. The molecule has 2 aliphatic heterocycles. The quantitative estimate of drug-likeness (QED) is 0.653. The molecular weight excluding hydrogens is 418 g/mol. The van der Waals surface area contributed by atoms with Gasteiger partial charge in [-0.2, -0.15) is 0 Å². The number of nitrogens with zero attached hydrogens (tertiary/aromatic N) is 1. The van der Waals surface area contributed by atoms with E-state index < -0.39 is 30.6 Å². The van der Waals surface area contributed by atoms with E-state index >= 15 is 0 Å². The first-order valence-electron chi connectivity index (χ1n) is 9.91. The van der Waals surface area contributed by atoms with Gasteiger partial charge in [0.05, 0.1) is 18.8 Å². The van der Waals surface area contributed by atoms with Crippen molar-refractivity contribution >= 4 is 23.7 Å². The molecule has 2 atom stereocenters. The number of ether oxygens (including phenoxy) is 3. The van der Waals surface area contributed by atoms with Crippen LogP contribution in [0.1, 0.15) is 22.3 Å². The second-order valence-corrected chi connectivity index (χ2v) is 7.45. The second kappa shape index (κ2) is 8.72. The molecule has 1 fully saturated rings. The molecule has 4 rings (SSSR count). The first-order valence-corrected chi connectivity index (χ1v) is 9.91. The van der Waals surface area contributed by atoms with Gasteiger partial charge in [0.25, 0.3) is 5.91 Å². The number of hydrogen-bond donors (Lipinski definition) is 2. The number of carbonyl (C=O) groups is 3. The molecule has 2 aromatic rings. The summed E-state index contributed by atoms with van der Waals surface area (Å²) >= 11 is 0. The van der Waals surface area contributed by atoms with Crippen LogP contribution >= 0.6 is 0 Å². The molecule has 0 bridgehead atoms. The molecule has 166 valence electrons. The maximum Gasteiger partial charge on any atom is 0.326 e. The summed E-state index contributed by atoms with van der Waals surface area (Å²) in [4.78, 5) is 37.4. The van der Waals surface area contributed by atoms with Gasteiger partial charge in [0, 0.05) is 19.0 Å². The minimum absolute atomic E-state index is 0.0147. The molecule has 0 saturated carbocycles. The van der Waals surface area contributed by atoms with Gasteiger partial charge >= 0.3 is 5.97 Å². The Hall–Kier alpha value is -3.85. The summed E-state index contributed by atoms with van der Waals surface area (Å²) in [5.41, 5.74) is 1.14. The largest absolute Gasteiger partial charge is 0.497 e. The van der Waals surface area contributed by atoms with E-state index in [2.05, 4.69) is 0 Å². The number of carbonyl (C=O) groups excluding carboxylic acids is 2. The summed E-state index contributed by atoms with van der Waals surface area (Å²) < 4.78 is 16.3. The minimum atomic E-state index is -1.17. The highest BCUT2D eigenvalue weighted by atomic mass is 16.5. The number of ketones is 1. The number of carboxylic acid groups (broad SMARTS) is 1. The Morgan fingerprint density at radius 1 is 1.19 bits per heavy atom. The standard InChI is InChI=1S/C23H21NO8/c1-30-15-4-2-13(3-5-15)8-20-22(27)17-7-6-16(10-19(17)32-20)31-12-21(26)24-11-14(25)9-18(24)23(28)29/h2-8,10,14,18,25H,9,11-12H2,1H3,(H,28,29)/b20-8-/t14?,18-/m0/s1. The van der Waals surface area contributed by atoms with Crippen LogP contribution < -0.4 is 14.2 Å². The van der Waals surface area contributed by atoms with Crippen LogP contribution in [0.25, 0.3) is 6.08 Å². The second-order valence-electron chi connectivity index (χ2n) is 7.45. The van der Waals surface area contributed by atoms with Crippen LogP contribution in [0, 0.1) is 0 Å². The summed E-state index contributed by atoms with van der Waals surface area (Å²) in [5.74, 6) is -0.532. The van der Waals surface area contributed by atoms with E-state index in [1.54, 1.807) is 43.5 Å². The van der Waals surface area contributed by atoms with E-state index in [0.717, 1.165) is 10.5 Å². The number of amides is 1. The zero-order chi connectivity index (χ0) is 22.8. The Bertz CT molecular complexity index is 1090. The van der Waals surface area contributed by atoms with E-state index in [9.17, 15) is 24.6 Å². The van der Waals surface area contributed by atoms with Gasteiger partial charge in [-0.25, -0.2) is 4.79 Å². The van der Waals surface area contributed by atoms with Crippen molar-refractivity contribution in [2.75, 3.05) is 20.3 Å². The predicted molar refractivity (Wildman–Crippen MR) is 112 cm³/mol. The van der Waals surface area contributed by atoms with Gasteiger partial charge in [0.15, 0.2) is 12.4 Å². The number of allylic oxidation sites excluding steroid dienone is 1. The summed E-state index contributed by atoms with van der Waals surface area (Å²) in [6.07, 6.45) is 0.728. The highest BCUT2D eigenvalue weighted by Crippen LogP contribution is 2.35. The minimum Gasteiger partial charge on any atom is -0.497 e. The van der Waals surface area contributed by atoms with E-state index in [1.807, 2.05) is 0 Å². The van der Waals surface area contributed by atoms with Crippen molar-refractivity contribution in [3.05, 3.63) is 59.4 Å². The summed E-state index contributed by atoms with van der Waals surface area (Å²) in [7, 11) is 1.57. The van der Waals surface area contributed by atoms with Crippen molar-refractivity contribution in [3.63, 3.8) is 0 Å². The van der Waals surface area contributed by atoms with E-state index in [4.69, 9.17) is 14.2 Å². The van der Waals surface area contributed by atoms with Gasteiger partial charge in [0.1, 0.15) is 23.3 Å². The van der Waals surface area contributed by atoms with Gasteiger partial charge in [0.2, 0.25) is 5.78 Å². The third-order valence-corrected chi connectivity index (χ3v) is 5.30. The van der Waals surface area contributed by atoms with Gasteiger partial charge in [-0.1, -0.05) is 12.1 Å². The number of likely N-dealkylation sites (tertiary alicyclic amines) is 1. The molecule has 1 saturated heterocycles. The third kappa shape index (κ3) is 4.28. The average molecular weight is 439 g/mol. The third-order valence-electron chi connectivity index (χ3n) is 5.30. The van der Waals surface area contributed by atoms with Crippen LogP contribution in [0.5, 0.6) is 17.2 Å². The van der Waals surface area contributed by atoms with Crippen LogP contribution in [0.2, 0.25) is 0 Å². The van der Waals surface area contributed by atoms with Crippen LogP contribution in [-0.2, 0) is 9.59 Å². The molecule has 32 heavy (non-hydrogen) atoms. The van der Waals surface area contributed by atoms with Crippen molar-refractivity contribution in [3.8, 4) is 17.2 Å². The van der Waals surface area contributed by atoms with Gasteiger partial charge in [-0.05, 0) is 35.9 Å². The van der Waals surface area contributed by atoms with Gasteiger partial charge in [-0.15, -0.1) is 0 Å². The maximum absolute atomic E-state index is 12.6. The van der Waals surface area contributed by atoms with Crippen molar-refractivity contribution in [2.45, 2.75) is 18.6 Å². The lowest BCUT2D eigenvalue weighted by atomic mass is 10.1. The molecule has 0 spiro atoms. The predicted octanol–water partition coefficient (Wildman–Crippen LogP) is 1.74. The SMILES string of the molecule is COc1ccc(/C=C2\Oc3cc(OCC(=O)N4CC(O)C[C@H]4C(=O)O)ccc3C2=O)cc1. The van der Waals surface area contributed by atoms with Crippen LogP contribution in [0.4, 0.5) is 0 Å². The summed E-state index contributed by atoms with van der Waals surface area (Å²) in [5, 5.41) is 18.9. The maximum atomic E-state index is 12.6. The Morgan fingerprint density at radius 3 is 2.59 bits per heavy atom. The van der Waals surface area contributed by atoms with Gasteiger partial charge in [-0.3, -0.25) is 9.59 Å². The molecule has 0 aliphatic carbocycles. The van der Waals surface area contributed by atoms with Crippen molar-refractivity contribution < 1.29 is 38.8 Å². The molecule has 0 aromatic heterocycles. The van der Waals surface area contributed by atoms with Crippen molar-refractivity contribution in [2.24, 2.45) is 0 Å². The lowest BCUT2D eigenvalue weighted by Crippen LogP contribution is -2.42. The fourth-order valence-corrected chi connectivity index (χ4v) is 3.66. The summed E-state index contributed by atoms with van der Waals surface area (Å²) in [6.45, 7) is -0.460. The summed E-state index contributed by atoms with van der Waals surface area (Å²) in [6, 6.07) is 10.7. The number of carboxylic acids is 1. The molecule has 1 unspecified atom stereocenters. The Morgan fingerprint density at radius 2 is 1.91 bits per heavy atom. The molecule has 1 amide bonds. The molecule has 2 aromatic carbocycles. The number of aliphatic hydroxyl groups is 1. The molecule has 2 heterocycles. The van der Waals surface area contributed by atoms with E-state index in [0.29, 0.717) is 22.8 Å². The number of Topliss-reactive ketones (excluding diaryl/α,β-unsaturated/α-hetero) is 1. The lowest BCUT2D eigenvalue weighted by Gasteiger charge is -2.21. The number of hydrogen-bond acceptors (Lipinski definition) is 7. The number of β-amino-alcohol motifs (C(OH)–C–C–N with tert-alkyl or cyclic N) is 1. The average Bonchev–Trinajstić information content (AvgIpc) is 3.32. The molecule has 9 heteroatoms. The van der Waals surface area contributed by atoms with Crippen LogP contribution in [0.3, 0.4) is 0 Å². The van der Waals surface area contributed by atoms with Crippen LogP contribution in [-0.4, -0.2) is 65.2 Å². The van der Waals surface area contributed by atoms with E-state index in [-0.39, 0.29) is 24.5 Å². The topological polar surface area (TPSA) is 123 Å². The fourth-order valence-electron chi connectivity index (χ4n) is 3.66.